The number of nitrogens with one attached hydrogen (secondary N) is 1. The summed E-state index contributed by atoms with van der Waals surface area (Å²) < 4.78 is 5.60. The third-order valence-corrected chi connectivity index (χ3v) is 5.49. The minimum absolute atomic E-state index is 0.100. The molecule has 5 heteroatoms. The van der Waals surface area contributed by atoms with Crippen LogP contribution in [0, 0.1) is 11.8 Å². The molecule has 3 atom stereocenters. The van der Waals surface area contributed by atoms with Crippen molar-refractivity contribution in [2.75, 3.05) is 26.2 Å². The Morgan fingerprint density at radius 2 is 2.20 bits per heavy atom. The SMILES string of the molecule is CC1CN(Cc2cccc(CNC(=O)[C@@H]3CCC[C@@H]3CN)c2)CCO1. The second-order valence-corrected chi connectivity index (χ2v) is 7.49. The lowest BCUT2D eigenvalue weighted by atomic mass is 9.95. The zero-order valence-electron chi connectivity index (χ0n) is 15.2. The van der Waals surface area contributed by atoms with Gasteiger partial charge in [-0.1, -0.05) is 30.7 Å². The molecule has 1 aromatic rings. The fourth-order valence-electron chi connectivity index (χ4n) is 4.11. The highest BCUT2D eigenvalue weighted by molar-refractivity contribution is 5.79. The van der Waals surface area contributed by atoms with Crippen LogP contribution >= 0.6 is 0 Å². The number of nitrogens with zero attached hydrogens (tertiary/aromatic N) is 1. The topological polar surface area (TPSA) is 67.6 Å². The summed E-state index contributed by atoms with van der Waals surface area (Å²) in [5.41, 5.74) is 8.25. The van der Waals surface area contributed by atoms with Gasteiger partial charge in [-0.2, -0.15) is 0 Å². The molecular weight excluding hydrogens is 314 g/mol. The lowest BCUT2D eigenvalue weighted by Crippen LogP contribution is -2.40. The van der Waals surface area contributed by atoms with Crippen molar-refractivity contribution in [3.63, 3.8) is 0 Å². The van der Waals surface area contributed by atoms with Crippen LogP contribution in [0.3, 0.4) is 0 Å². The second-order valence-electron chi connectivity index (χ2n) is 7.49. The summed E-state index contributed by atoms with van der Waals surface area (Å²) in [6.45, 7) is 7.03. The van der Waals surface area contributed by atoms with E-state index in [-0.39, 0.29) is 11.8 Å². The van der Waals surface area contributed by atoms with Crippen molar-refractivity contribution in [2.45, 2.75) is 45.4 Å². The van der Waals surface area contributed by atoms with Gasteiger partial charge in [0, 0.05) is 32.1 Å². The van der Waals surface area contributed by atoms with E-state index in [0.717, 1.165) is 51.1 Å². The highest BCUT2D eigenvalue weighted by Gasteiger charge is 2.31. The summed E-state index contributed by atoms with van der Waals surface area (Å²) >= 11 is 0. The van der Waals surface area contributed by atoms with Crippen LogP contribution in [-0.2, 0) is 22.6 Å². The molecule has 3 N–H and O–H groups in total. The Kier molecular flexibility index (Phi) is 6.45. The maximum atomic E-state index is 12.4. The summed E-state index contributed by atoms with van der Waals surface area (Å²) in [6, 6.07) is 8.53. The van der Waals surface area contributed by atoms with Crippen LogP contribution in [0.25, 0.3) is 0 Å². The maximum absolute atomic E-state index is 12.4. The van der Waals surface area contributed by atoms with Crippen molar-refractivity contribution in [1.82, 2.24) is 10.2 Å². The molecule has 1 aliphatic carbocycles. The Balaban J connectivity index is 1.52. The van der Waals surface area contributed by atoms with Crippen molar-refractivity contribution in [1.29, 1.82) is 0 Å². The number of hydrogen-bond donors (Lipinski definition) is 2. The van der Waals surface area contributed by atoms with Gasteiger partial charge in [-0.25, -0.2) is 0 Å². The van der Waals surface area contributed by atoms with E-state index < -0.39 is 0 Å². The van der Waals surface area contributed by atoms with E-state index in [9.17, 15) is 4.79 Å². The van der Waals surface area contributed by atoms with E-state index in [4.69, 9.17) is 10.5 Å². The van der Waals surface area contributed by atoms with Gasteiger partial charge in [-0.05, 0) is 43.4 Å². The summed E-state index contributed by atoms with van der Waals surface area (Å²) in [7, 11) is 0. The number of benzene rings is 1. The monoisotopic (exact) mass is 345 g/mol. The molecule has 1 saturated heterocycles. The average molecular weight is 345 g/mol. The molecule has 0 aromatic heterocycles. The van der Waals surface area contributed by atoms with Crippen LogP contribution < -0.4 is 11.1 Å². The van der Waals surface area contributed by atoms with Crippen molar-refractivity contribution >= 4 is 5.91 Å². The predicted octanol–water partition coefficient (Wildman–Crippen LogP) is 1.90. The van der Waals surface area contributed by atoms with Gasteiger partial charge in [0.25, 0.3) is 0 Å². The van der Waals surface area contributed by atoms with E-state index in [1.807, 2.05) is 0 Å². The Morgan fingerprint density at radius 3 is 3.00 bits per heavy atom. The smallest absolute Gasteiger partial charge is 0.223 e. The molecule has 2 fully saturated rings. The Morgan fingerprint density at radius 1 is 1.36 bits per heavy atom. The number of nitrogens with two attached hydrogens (primary N) is 1. The fraction of sp³-hybridized carbons (Fsp3) is 0.650. The zero-order valence-corrected chi connectivity index (χ0v) is 15.2. The second kappa shape index (κ2) is 8.79. The van der Waals surface area contributed by atoms with Gasteiger partial charge in [-0.15, -0.1) is 0 Å². The molecule has 0 bridgehead atoms. The van der Waals surface area contributed by atoms with Gasteiger partial charge < -0.3 is 15.8 Å². The number of carbonyl (C=O) groups is 1. The molecule has 1 aliphatic heterocycles. The first-order valence-corrected chi connectivity index (χ1v) is 9.55. The number of ether oxygens (including phenoxy) is 1. The van der Waals surface area contributed by atoms with Crippen LogP contribution in [0.15, 0.2) is 24.3 Å². The van der Waals surface area contributed by atoms with Crippen LogP contribution in [-0.4, -0.2) is 43.2 Å². The van der Waals surface area contributed by atoms with E-state index in [2.05, 4.69) is 41.4 Å². The zero-order chi connectivity index (χ0) is 17.6. The third-order valence-electron chi connectivity index (χ3n) is 5.49. The molecule has 25 heavy (non-hydrogen) atoms. The van der Waals surface area contributed by atoms with Gasteiger partial charge in [-0.3, -0.25) is 9.69 Å². The van der Waals surface area contributed by atoms with Crippen molar-refractivity contribution in [3.8, 4) is 0 Å². The predicted molar refractivity (Wildman–Crippen MR) is 98.9 cm³/mol. The minimum atomic E-state index is 0.100. The van der Waals surface area contributed by atoms with E-state index >= 15 is 0 Å². The summed E-state index contributed by atoms with van der Waals surface area (Å²) in [5, 5.41) is 3.12. The molecule has 2 aliphatic rings. The lowest BCUT2D eigenvalue weighted by Gasteiger charge is -2.31. The third kappa shape index (κ3) is 5.03. The van der Waals surface area contributed by atoms with E-state index in [1.165, 1.54) is 5.56 Å². The van der Waals surface area contributed by atoms with Crippen LogP contribution in [0.5, 0.6) is 0 Å². The van der Waals surface area contributed by atoms with Crippen LogP contribution in [0.4, 0.5) is 0 Å². The van der Waals surface area contributed by atoms with E-state index in [1.54, 1.807) is 0 Å². The molecule has 1 unspecified atom stereocenters. The summed E-state index contributed by atoms with van der Waals surface area (Å²) in [5.74, 6) is 0.623. The van der Waals surface area contributed by atoms with Crippen molar-refractivity contribution < 1.29 is 9.53 Å². The van der Waals surface area contributed by atoms with Gasteiger partial charge in [0.2, 0.25) is 5.91 Å². The van der Waals surface area contributed by atoms with Crippen LogP contribution in [0.2, 0.25) is 0 Å². The van der Waals surface area contributed by atoms with E-state index in [0.29, 0.717) is 25.1 Å². The van der Waals surface area contributed by atoms with Crippen molar-refractivity contribution in [3.05, 3.63) is 35.4 Å². The van der Waals surface area contributed by atoms with Gasteiger partial charge in [0.05, 0.1) is 12.7 Å². The van der Waals surface area contributed by atoms with Gasteiger partial charge in [0.15, 0.2) is 0 Å². The highest BCUT2D eigenvalue weighted by atomic mass is 16.5. The molecule has 1 amide bonds. The normalized spacial score (nSPS) is 27.4. The maximum Gasteiger partial charge on any atom is 0.223 e. The lowest BCUT2D eigenvalue weighted by molar-refractivity contribution is -0.126. The molecule has 1 saturated carbocycles. The molecule has 3 rings (SSSR count). The van der Waals surface area contributed by atoms with Crippen molar-refractivity contribution in [2.24, 2.45) is 17.6 Å². The first-order valence-electron chi connectivity index (χ1n) is 9.55. The fourth-order valence-corrected chi connectivity index (χ4v) is 4.11. The van der Waals surface area contributed by atoms with Gasteiger partial charge in [0.1, 0.15) is 0 Å². The van der Waals surface area contributed by atoms with Crippen LogP contribution in [0.1, 0.15) is 37.3 Å². The first kappa shape index (κ1) is 18.4. The molecular formula is C20H31N3O2. The molecule has 1 aromatic carbocycles. The summed E-state index contributed by atoms with van der Waals surface area (Å²) in [6.07, 6.45) is 3.48. The molecule has 138 valence electrons. The number of rotatable bonds is 6. The Labute approximate surface area is 150 Å². The van der Waals surface area contributed by atoms with Gasteiger partial charge >= 0.3 is 0 Å². The Bertz CT molecular complexity index is 578. The minimum Gasteiger partial charge on any atom is -0.376 e. The number of carbonyl (C=O) groups excluding carboxylic acids is 1. The number of morpholine rings is 1. The standard InChI is InChI=1S/C20H31N3O2/c1-15-13-23(8-9-25-15)14-17-5-2-4-16(10-17)12-22-20(24)19-7-3-6-18(19)11-21/h2,4-5,10,15,18-19H,3,6-9,11-14,21H2,1H3,(H,22,24)/t15?,18-,19-/m1/s1. The number of hydrogen-bond acceptors (Lipinski definition) is 4. The molecule has 0 radical (unpaired) electrons. The Hall–Kier alpha value is -1.43. The highest BCUT2D eigenvalue weighted by Crippen LogP contribution is 2.31. The quantitative estimate of drug-likeness (QED) is 0.826. The summed E-state index contributed by atoms with van der Waals surface area (Å²) in [4.78, 5) is 14.9. The molecule has 1 heterocycles. The molecule has 0 spiro atoms. The first-order chi connectivity index (χ1) is 12.2. The average Bonchev–Trinajstić information content (AvgIpc) is 3.09. The number of amides is 1. The largest absolute Gasteiger partial charge is 0.376 e. The molecule has 5 nitrogen and oxygen atoms in total.